The molecule has 2 aromatic rings. The van der Waals surface area contributed by atoms with Crippen LogP contribution >= 0.6 is 24.0 Å². The number of alkyl halides is 2. The lowest BCUT2D eigenvalue weighted by Crippen LogP contribution is -2.41. The van der Waals surface area contributed by atoms with Crippen LogP contribution in [0.5, 0.6) is 0 Å². The van der Waals surface area contributed by atoms with Crippen molar-refractivity contribution in [3.8, 4) is 0 Å². The fourth-order valence-electron chi connectivity index (χ4n) is 2.16. The molecule has 1 aliphatic rings. The van der Waals surface area contributed by atoms with Crippen LogP contribution in [0.1, 0.15) is 18.3 Å². The van der Waals surface area contributed by atoms with Crippen LogP contribution in [0.2, 0.25) is 5.02 Å². The van der Waals surface area contributed by atoms with E-state index >= 15 is 0 Å². The van der Waals surface area contributed by atoms with Crippen LogP contribution in [0.15, 0.2) is 17.1 Å². The molecule has 0 amide bonds. The third-order valence-electron chi connectivity index (χ3n) is 3.21. The molecular weight excluding hydrogens is 313 g/mol. The van der Waals surface area contributed by atoms with E-state index in [1.807, 2.05) is 0 Å². The summed E-state index contributed by atoms with van der Waals surface area (Å²) < 4.78 is 27.7. The van der Waals surface area contributed by atoms with E-state index in [9.17, 15) is 13.6 Å². The average Bonchev–Trinajstić information content (AvgIpc) is 2.63. The van der Waals surface area contributed by atoms with Crippen molar-refractivity contribution < 1.29 is 8.78 Å². The molecule has 1 aliphatic heterocycles. The van der Waals surface area contributed by atoms with Crippen molar-refractivity contribution in [2.75, 3.05) is 6.54 Å². The highest BCUT2D eigenvalue weighted by Gasteiger charge is 2.27. The summed E-state index contributed by atoms with van der Waals surface area (Å²) in [5, 5.41) is 7.51. The second kappa shape index (κ2) is 5.67. The first kappa shape index (κ1) is 15.2. The molecule has 1 saturated heterocycles. The van der Waals surface area contributed by atoms with E-state index < -0.39 is 18.5 Å². The van der Waals surface area contributed by atoms with E-state index in [2.05, 4.69) is 10.4 Å². The van der Waals surface area contributed by atoms with E-state index in [1.165, 1.54) is 10.6 Å². The lowest BCUT2D eigenvalue weighted by molar-refractivity contribution is 0.121. The molecule has 0 spiro atoms. The molecule has 20 heavy (non-hydrogen) atoms. The van der Waals surface area contributed by atoms with Gasteiger partial charge in [0.2, 0.25) is 0 Å². The SMILES string of the molecule is Cl.O=c1c2c(Cl)ccn2nc(C2CCN2)n1CC(F)F. The Morgan fingerprint density at radius 3 is 2.80 bits per heavy atom. The minimum Gasteiger partial charge on any atom is -0.307 e. The van der Waals surface area contributed by atoms with E-state index in [0.29, 0.717) is 5.82 Å². The topological polar surface area (TPSA) is 51.3 Å². The van der Waals surface area contributed by atoms with Crippen LogP contribution in [-0.4, -0.2) is 27.2 Å². The standard InChI is InChI=1S/C11H11ClF2N4O.ClH/c12-6-2-4-18-9(6)11(19)17(5-8(13)14)10(16-18)7-1-3-15-7;/h2,4,7-8,15H,1,3,5H2;1H. The van der Waals surface area contributed by atoms with Crippen molar-refractivity contribution in [2.24, 2.45) is 0 Å². The Morgan fingerprint density at radius 1 is 1.55 bits per heavy atom. The maximum Gasteiger partial charge on any atom is 0.279 e. The molecule has 110 valence electrons. The van der Waals surface area contributed by atoms with Crippen molar-refractivity contribution in [1.82, 2.24) is 19.5 Å². The number of fused-ring (bicyclic) bond motifs is 1. The Hall–Kier alpha value is -1.18. The number of hydrogen-bond acceptors (Lipinski definition) is 3. The third kappa shape index (κ3) is 2.41. The maximum atomic E-state index is 12.6. The summed E-state index contributed by atoms with van der Waals surface area (Å²) in [5.41, 5.74) is -0.403. The molecule has 0 aromatic carbocycles. The summed E-state index contributed by atoms with van der Waals surface area (Å²) in [6.45, 7) is 0.122. The molecule has 1 fully saturated rings. The van der Waals surface area contributed by atoms with Gasteiger partial charge in [-0.3, -0.25) is 9.36 Å². The van der Waals surface area contributed by atoms with Gasteiger partial charge in [-0.1, -0.05) is 11.6 Å². The first-order valence-electron chi connectivity index (χ1n) is 5.87. The summed E-state index contributed by atoms with van der Waals surface area (Å²) in [6, 6.07) is 1.37. The number of nitrogens with one attached hydrogen (secondary N) is 1. The second-order valence-electron chi connectivity index (χ2n) is 4.42. The zero-order valence-corrected chi connectivity index (χ0v) is 11.8. The summed E-state index contributed by atoms with van der Waals surface area (Å²) >= 11 is 5.89. The maximum absolute atomic E-state index is 12.6. The van der Waals surface area contributed by atoms with E-state index in [0.717, 1.165) is 17.5 Å². The Labute approximate surface area is 123 Å². The normalized spacial score (nSPS) is 18.1. The lowest BCUT2D eigenvalue weighted by atomic mass is 10.1. The largest absolute Gasteiger partial charge is 0.307 e. The lowest BCUT2D eigenvalue weighted by Gasteiger charge is -2.28. The fourth-order valence-corrected chi connectivity index (χ4v) is 2.38. The average molecular weight is 325 g/mol. The van der Waals surface area contributed by atoms with Gasteiger partial charge in [0.1, 0.15) is 11.3 Å². The highest BCUT2D eigenvalue weighted by Crippen LogP contribution is 2.22. The monoisotopic (exact) mass is 324 g/mol. The smallest absolute Gasteiger partial charge is 0.279 e. The fraction of sp³-hybridized carbons (Fsp3) is 0.455. The molecule has 3 rings (SSSR count). The van der Waals surface area contributed by atoms with Crippen molar-refractivity contribution >= 4 is 29.5 Å². The van der Waals surface area contributed by atoms with Crippen LogP contribution in [0.3, 0.4) is 0 Å². The number of hydrogen-bond donors (Lipinski definition) is 1. The molecular formula is C11H12Cl2F2N4O. The van der Waals surface area contributed by atoms with Crippen LogP contribution in [0, 0.1) is 0 Å². The van der Waals surface area contributed by atoms with Crippen molar-refractivity contribution in [2.45, 2.75) is 25.4 Å². The third-order valence-corrected chi connectivity index (χ3v) is 3.51. The summed E-state index contributed by atoms with van der Waals surface area (Å²) in [4.78, 5) is 12.3. The Morgan fingerprint density at radius 2 is 2.25 bits per heavy atom. The zero-order chi connectivity index (χ0) is 13.6. The number of aromatic nitrogens is 3. The molecule has 1 unspecified atom stereocenters. The number of rotatable bonds is 3. The number of halogens is 4. The molecule has 0 aliphatic carbocycles. The van der Waals surface area contributed by atoms with Crippen molar-refractivity contribution in [3.63, 3.8) is 0 Å². The van der Waals surface area contributed by atoms with Crippen LogP contribution in [-0.2, 0) is 6.54 Å². The van der Waals surface area contributed by atoms with E-state index in [4.69, 9.17) is 11.6 Å². The van der Waals surface area contributed by atoms with Gasteiger partial charge in [-0.25, -0.2) is 13.3 Å². The Bertz CT molecular complexity index is 681. The zero-order valence-electron chi connectivity index (χ0n) is 10.2. The molecule has 0 bridgehead atoms. The predicted octanol–water partition coefficient (Wildman–Crippen LogP) is 1.87. The molecule has 0 radical (unpaired) electrons. The Balaban J connectivity index is 0.00000147. The first-order valence-corrected chi connectivity index (χ1v) is 6.25. The highest BCUT2D eigenvalue weighted by molar-refractivity contribution is 6.33. The predicted molar refractivity (Wildman–Crippen MR) is 73.1 cm³/mol. The molecule has 1 atom stereocenters. The van der Waals surface area contributed by atoms with Gasteiger partial charge < -0.3 is 5.32 Å². The molecule has 0 saturated carbocycles. The quantitative estimate of drug-likeness (QED) is 0.937. The van der Waals surface area contributed by atoms with Gasteiger partial charge in [0.25, 0.3) is 12.0 Å². The highest BCUT2D eigenvalue weighted by atomic mass is 35.5. The molecule has 1 N–H and O–H groups in total. The summed E-state index contributed by atoms with van der Waals surface area (Å²) in [6.07, 6.45) is -0.293. The van der Waals surface area contributed by atoms with Crippen molar-refractivity contribution in [3.05, 3.63) is 33.5 Å². The van der Waals surface area contributed by atoms with Crippen LogP contribution in [0.25, 0.3) is 5.52 Å². The number of nitrogens with zero attached hydrogens (tertiary/aromatic N) is 3. The van der Waals surface area contributed by atoms with Gasteiger partial charge in [0, 0.05) is 6.20 Å². The van der Waals surface area contributed by atoms with Crippen LogP contribution < -0.4 is 10.9 Å². The van der Waals surface area contributed by atoms with E-state index in [-0.39, 0.29) is 29.0 Å². The molecule has 9 heteroatoms. The molecule has 2 aromatic heterocycles. The van der Waals surface area contributed by atoms with Gasteiger partial charge in [-0.2, -0.15) is 5.10 Å². The van der Waals surface area contributed by atoms with Gasteiger partial charge in [-0.15, -0.1) is 12.4 Å². The van der Waals surface area contributed by atoms with Gasteiger partial charge >= 0.3 is 0 Å². The van der Waals surface area contributed by atoms with E-state index in [1.54, 1.807) is 6.20 Å². The minimum atomic E-state index is -2.62. The van der Waals surface area contributed by atoms with Gasteiger partial charge in [0.15, 0.2) is 0 Å². The first-order chi connectivity index (χ1) is 9.08. The summed E-state index contributed by atoms with van der Waals surface area (Å²) in [7, 11) is 0. The van der Waals surface area contributed by atoms with Gasteiger partial charge in [0.05, 0.1) is 17.6 Å². The molecule has 5 nitrogen and oxygen atoms in total. The second-order valence-corrected chi connectivity index (χ2v) is 4.82. The van der Waals surface area contributed by atoms with Crippen molar-refractivity contribution in [1.29, 1.82) is 0 Å². The minimum absolute atomic E-state index is 0. The summed E-state index contributed by atoms with van der Waals surface area (Å²) in [5.74, 6) is 0.330. The Kier molecular flexibility index (Phi) is 4.31. The van der Waals surface area contributed by atoms with Crippen LogP contribution in [0.4, 0.5) is 8.78 Å². The van der Waals surface area contributed by atoms with Gasteiger partial charge in [-0.05, 0) is 19.0 Å². The molecule has 3 heterocycles.